The maximum atomic E-state index is 11.6. The first-order valence-electron chi connectivity index (χ1n) is 5.89. The van der Waals surface area contributed by atoms with Crippen molar-refractivity contribution in [2.24, 2.45) is 5.73 Å². The summed E-state index contributed by atoms with van der Waals surface area (Å²) in [5, 5.41) is 3.12. The van der Waals surface area contributed by atoms with E-state index in [0.29, 0.717) is 12.1 Å². The number of sulfone groups is 1. The molecule has 19 heavy (non-hydrogen) atoms. The first kappa shape index (κ1) is 13.7. The first-order valence-corrected chi connectivity index (χ1v) is 7.71. The fraction of sp³-hybridized carbons (Fsp3) is 0.417. The Hall–Kier alpha value is -1.76. The van der Waals surface area contributed by atoms with Gasteiger partial charge in [-0.05, 0) is 25.5 Å². The van der Waals surface area contributed by atoms with Crippen LogP contribution in [-0.4, -0.2) is 31.4 Å². The standard InChI is InChI=1S/C12H17N3O3S/c1-12(5-6-19(17,18)7-12)15-9-4-2-3-8(10(9)13)11(14)16/h2-4,15H,5-7,13H2,1H3,(H2,14,16). The Kier molecular flexibility index (Phi) is 3.17. The van der Waals surface area contributed by atoms with Crippen LogP contribution in [0.1, 0.15) is 23.7 Å². The van der Waals surface area contributed by atoms with Gasteiger partial charge in [-0.25, -0.2) is 8.42 Å². The molecular weight excluding hydrogens is 266 g/mol. The molecule has 1 aromatic carbocycles. The van der Waals surface area contributed by atoms with E-state index in [1.54, 1.807) is 12.1 Å². The number of rotatable bonds is 3. The molecule has 0 saturated carbocycles. The summed E-state index contributed by atoms with van der Waals surface area (Å²) in [7, 11) is -3.01. The van der Waals surface area contributed by atoms with E-state index in [1.807, 2.05) is 6.92 Å². The molecule has 0 radical (unpaired) electrons. The lowest BCUT2D eigenvalue weighted by Gasteiger charge is -2.26. The van der Waals surface area contributed by atoms with Crippen LogP contribution in [0.25, 0.3) is 0 Å². The van der Waals surface area contributed by atoms with Gasteiger partial charge in [0.25, 0.3) is 5.91 Å². The lowest BCUT2D eigenvalue weighted by atomic mass is 10.0. The molecule has 1 aromatic rings. The molecule has 1 saturated heterocycles. The molecule has 2 rings (SSSR count). The second-order valence-corrected chi connectivity index (χ2v) is 7.34. The second-order valence-electron chi connectivity index (χ2n) is 5.16. The van der Waals surface area contributed by atoms with Gasteiger partial charge in [0, 0.05) is 5.54 Å². The van der Waals surface area contributed by atoms with E-state index in [1.165, 1.54) is 6.07 Å². The van der Waals surface area contributed by atoms with E-state index in [4.69, 9.17) is 11.5 Å². The Morgan fingerprint density at radius 3 is 2.63 bits per heavy atom. The van der Waals surface area contributed by atoms with E-state index in [2.05, 4.69) is 5.32 Å². The zero-order valence-corrected chi connectivity index (χ0v) is 11.5. The van der Waals surface area contributed by atoms with Crippen LogP contribution in [0.15, 0.2) is 18.2 Å². The van der Waals surface area contributed by atoms with Crippen molar-refractivity contribution in [3.63, 3.8) is 0 Å². The van der Waals surface area contributed by atoms with Gasteiger partial charge in [-0.15, -0.1) is 0 Å². The van der Waals surface area contributed by atoms with Crippen molar-refractivity contribution in [1.29, 1.82) is 0 Å². The molecule has 1 aliphatic rings. The van der Waals surface area contributed by atoms with Crippen LogP contribution in [0.5, 0.6) is 0 Å². The van der Waals surface area contributed by atoms with Gasteiger partial charge in [0.2, 0.25) is 0 Å². The van der Waals surface area contributed by atoms with Gasteiger partial charge in [-0.2, -0.15) is 0 Å². The number of nitrogen functional groups attached to an aromatic ring is 1. The van der Waals surface area contributed by atoms with Crippen molar-refractivity contribution in [1.82, 2.24) is 0 Å². The van der Waals surface area contributed by atoms with Crippen LogP contribution in [-0.2, 0) is 9.84 Å². The van der Waals surface area contributed by atoms with Crippen LogP contribution >= 0.6 is 0 Å². The summed E-state index contributed by atoms with van der Waals surface area (Å²) in [6.07, 6.45) is 0.509. The highest BCUT2D eigenvalue weighted by Gasteiger charge is 2.38. The molecule has 7 heteroatoms. The Bertz CT molecular complexity index is 627. The minimum atomic E-state index is -3.01. The molecular formula is C12H17N3O3S. The number of amides is 1. The van der Waals surface area contributed by atoms with E-state index < -0.39 is 21.3 Å². The third kappa shape index (κ3) is 2.81. The fourth-order valence-electron chi connectivity index (χ4n) is 2.32. The number of carbonyl (C=O) groups excluding carboxylic acids is 1. The molecule has 1 fully saturated rings. The minimum absolute atomic E-state index is 0.0558. The average molecular weight is 283 g/mol. The number of nitrogens with two attached hydrogens (primary N) is 2. The summed E-state index contributed by atoms with van der Waals surface area (Å²) in [6.45, 7) is 1.83. The van der Waals surface area contributed by atoms with Crippen molar-refractivity contribution < 1.29 is 13.2 Å². The summed E-state index contributed by atoms with van der Waals surface area (Å²) in [4.78, 5) is 11.2. The summed E-state index contributed by atoms with van der Waals surface area (Å²) in [5.41, 5.74) is 11.6. The van der Waals surface area contributed by atoms with E-state index in [-0.39, 0.29) is 22.8 Å². The van der Waals surface area contributed by atoms with Crippen LogP contribution in [0.4, 0.5) is 11.4 Å². The number of nitrogens with one attached hydrogen (secondary N) is 1. The Balaban J connectivity index is 2.30. The van der Waals surface area contributed by atoms with Gasteiger partial charge < -0.3 is 16.8 Å². The molecule has 1 amide bonds. The van der Waals surface area contributed by atoms with Crippen molar-refractivity contribution in [3.05, 3.63) is 23.8 Å². The van der Waals surface area contributed by atoms with Crippen LogP contribution < -0.4 is 16.8 Å². The lowest BCUT2D eigenvalue weighted by molar-refractivity contribution is 0.100. The van der Waals surface area contributed by atoms with Crippen LogP contribution in [0.2, 0.25) is 0 Å². The van der Waals surface area contributed by atoms with E-state index >= 15 is 0 Å². The molecule has 1 aliphatic heterocycles. The highest BCUT2D eigenvalue weighted by molar-refractivity contribution is 7.91. The predicted molar refractivity (Wildman–Crippen MR) is 74.7 cm³/mol. The number of carbonyl (C=O) groups is 1. The maximum Gasteiger partial charge on any atom is 0.250 e. The lowest BCUT2D eigenvalue weighted by Crippen LogP contribution is -2.36. The van der Waals surface area contributed by atoms with Gasteiger partial charge in [-0.3, -0.25) is 4.79 Å². The predicted octanol–water partition coefficient (Wildman–Crippen LogP) is 0.357. The molecule has 1 atom stereocenters. The number of benzene rings is 1. The summed E-state index contributed by atoms with van der Waals surface area (Å²) < 4.78 is 23.1. The Morgan fingerprint density at radius 1 is 1.42 bits per heavy atom. The Labute approximate surface area is 112 Å². The highest BCUT2D eigenvalue weighted by Crippen LogP contribution is 2.31. The molecule has 1 heterocycles. The third-order valence-electron chi connectivity index (χ3n) is 3.31. The van der Waals surface area contributed by atoms with E-state index in [9.17, 15) is 13.2 Å². The molecule has 0 aromatic heterocycles. The van der Waals surface area contributed by atoms with Gasteiger partial charge in [0.15, 0.2) is 9.84 Å². The quantitative estimate of drug-likeness (QED) is 0.693. The zero-order chi connectivity index (χ0) is 14.3. The SMILES string of the molecule is CC1(Nc2cccc(C(N)=O)c2N)CCS(=O)(=O)C1. The summed E-state index contributed by atoms with van der Waals surface area (Å²) in [6, 6.07) is 4.90. The fourth-order valence-corrected chi connectivity index (χ4v) is 4.42. The molecule has 5 N–H and O–H groups in total. The summed E-state index contributed by atoms with van der Waals surface area (Å²) in [5.74, 6) is -0.392. The average Bonchev–Trinajstić information content (AvgIpc) is 2.56. The number of primary amides is 1. The van der Waals surface area contributed by atoms with Crippen molar-refractivity contribution >= 4 is 27.1 Å². The summed E-state index contributed by atoms with van der Waals surface area (Å²) >= 11 is 0. The molecule has 6 nitrogen and oxygen atoms in total. The number of hydrogen-bond acceptors (Lipinski definition) is 5. The maximum absolute atomic E-state index is 11.6. The number of para-hydroxylation sites is 1. The van der Waals surface area contributed by atoms with Crippen molar-refractivity contribution in [3.8, 4) is 0 Å². The van der Waals surface area contributed by atoms with E-state index in [0.717, 1.165) is 0 Å². The monoisotopic (exact) mass is 283 g/mol. The minimum Gasteiger partial charge on any atom is -0.396 e. The number of anilines is 2. The normalized spacial score (nSPS) is 25.1. The number of hydrogen-bond donors (Lipinski definition) is 3. The zero-order valence-electron chi connectivity index (χ0n) is 10.6. The van der Waals surface area contributed by atoms with Gasteiger partial charge >= 0.3 is 0 Å². The molecule has 0 aliphatic carbocycles. The van der Waals surface area contributed by atoms with Gasteiger partial charge in [0.1, 0.15) is 0 Å². The molecule has 0 spiro atoms. The third-order valence-corrected chi connectivity index (χ3v) is 5.21. The largest absolute Gasteiger partial charge is 0.396 e. The smallest absolute Gasteiger partial charge is 0.250 e. The van der Waals surface area contributed by atoms with Gasteiger partial charge in [-0.1, -0.05) is 6.07 Å². The van der Waals surface area contributed by atoms with Crippen LogP contribution in [0.3, 0.4) is 0 Å². The van der Waals surface area contributed by atoms with Crippen molar-refractivity contribution in [2.75, 3.05) is 22.6 Å². The van der Waals surface area contributed by atoms with Crippen LogP contribution in [0, 0.1) is 0 Å². The Morgan fingerprint density at radius 2 is 2.11 bits per heavy atom. The van der Waals surface area contributed by atoms with Crippen molar-refractivity contribution in [2.45, 2.75) is 18.9 Å². The highest BCUT2D eigenvalue weighted by atomic mass is 32.2. The molecule has 0 bridgehead atoms. The molecule has 104 valence electrons. The van der Waals surface area contributed by atoms with Gasteiger partial charge in [0.05, 0.1) is 28.4 Å². The molecule has 1 unspecified atom stereocenters. The topological polar surface area (TPSA) is 115 Å². The second kappa shape index (κ2) is 4.41. The first-order chi connectivity index (χ1) is 8.72.